The van der Waals surface area contributed by atoms with E-state index in [1.807, 2.05) is 31.2 Å². The number of nitrogens with zero attached hydrogens (tertiary/aromatic N) is 1. The van der Waals surface area contributed by atoms with Crippen molar-refractivity contribution in [3.63, 3.8) is 0 Å². The largest absolute Gasteiger partial charge is 0.493 e. The van der Waals surface area contributed by atoms with Crippen molar-refractivity contribution in [2.24, 2.45) is 0 Å². The summed E-state index contributed by atoms with van der Waals surface area (Å²) in [5, 5.41) is 10.0. The lowest BCUT2D eigenvalue weighted by Gasteiger charge is -2.14. The van der Waals surface area contributed by atoms with Crippen LogP contribution in [0, 0.1) is 32.1 Å². The van der Waals surface area contributed by atoms with E-state index >= 15 is 0 Å². The lowest BCUT2D eigenvalue weighted by atomic mass is 9.97. The predicted molar refractivity (Wildman–Crippen MR) is 90.6 cm³/mol. The first-order valence-electron chi connectivity index (χ1n) is 7.37. The molecule has 2 aromatic carbocycles. The monoisotopic (exact) mass is 313 g/mol. The molecule has 0 saturated carbocycles. The first-order chi connectivity index (χ1) is 10.5. The van der Waals surface area contributed by atoms with Gasteiger partial charge in [-0.05, 0) is 55.2 Å². The van der Waals surface area contributed by atoms with Crippen LogP contribution >= 0.6 is 11.6 Å². The second-order valence-electron chi connectivity index (χ2n) is 5.54. The third kappa shape index (κ3) is 3.81. The van der Waals surface area contributed by atoms with Crippen LogP contribution in [0.3, 0.4) is 0 Å². The van der Waals surface area contributed by atoms with E-state index in [-0.39, 0.29) is 5.92 Å². The quantitative estimate of drug-likeness (QED) is 0.746. The van der Waals surface area contributed by atoms with Crippen LogP contribution in [-0.4, -0.2) is 6.61 Å². The number of rotatable bonds is 5. The molecule has 0 radical (unpaired) electrons. The van der Waals surface area contributed by atoms with Gasteiger partial charge in [-0.15, -0.1) is 0 Å². The van der Waals surface area contributed by atoms with Gasteiger partial charge in [-0.1, -0.05) is 35.9 Å². The van der Waals surface area contributed by atoms with Crippen LogP contribution in [0.5, 0.6) is 5.75 Å². The molecule has 0 aliphatic heterocycles. The van der Waals surface area contributed by atoms with Crippen LogP contribution in [-0.2, 0) is 0 Å². The second-order valence-corrected chi connectivity index (χ2v) is 5.95. The number of ether oxygens (including phenoxy) is 1. The summed E-state index contributed by atoms with van der Waals surface area (Å²) in [5.74, 6) is 0.638. The van der Waals surface area contributed by atoms with E-state index in [2.05, 4.69) is 32.0 Å². The first-order valence-corrected chi connectivity index (χ1v) is 7.75. The Labute approximate surface area is 137 Å². The Morgan fingerprint density at radius 1 is 1.09 bits per heavy atom. The van der Waals surface area contributed by atoms with Crippen LogP contribution in [0.15, 0.2) is 36.4 Å². The van der Waals surface area contributed by atoms with Crippen LogP contribution in [0.25, 0.3) is 0 Å². The number of halogens is 1. The maximum atomic E-state index is 9.37. The van der Waals surface area contributed by atoms with Gasteiger partial charge in [0.1, 0.15) is 5.75 Å². The van der Waals surface area contributed by atoms with E-state index in [1.165, 1.54) is 11.1 Å². The fraction of sp³-hybridized carbons (Fsp3) is 0.316. The van der Waals surface area contributed by atoms with Gasteiger partial charge in [-0.25, -0.2) is 0 Å². The highest BCUT2D eigenvalue weighted by Crippen LogP contribution is 2.27. The molecule has 0 aliphatic rings. The highest BCUT2D eigenvalue weighted by atomic mass is 35.5. The number of benzene rings is 2. The smallest absolute Gasteiger partial charge is 0.122 e. The average Bonchev–Trinajstić information content (AvgIpc) is 2.50. The summed E-state index contributed by atoms with van der Waals surface area (Å²) in [6.07, 6.45) is 0.618. The molecule has 0 saturated heterocycles. The molecular formula is C19H20ClNO. The fourth-order valence-electron chi connectivity index (χ4n) is 2.42. The maximum absolute atomic E-state index is 9.37. The molecule has 0 aromatic heterocycles. The van der Waals surface area contributed by atoms with Gasteiger partial charge in [0, 0.05) is 11.4 Å². The van der Waals surface area contributed by atoms with Crippen LogP contribution in [0.1, 0.15) is 34.6 Å². The van der Waals surface area contributed by atoms with E-state index in [0.29, 0.717) is 18.1 Å². The maximum Gasteiger partial charge on any atom is 0.122 e. The molecule has 0 bridgehead atoms. The number of hydrogen-bond acceptors (Lipinski definition) is 2. The molecule has 0 spiro atoms. The van der Waals surface area contributed by atoms with Gasteiger partial charge < -0.3 is 4.74 Å². The van der Waals surface area contributed by atoms with Gasteiger partial charge in [-0.2, -0.15) is 5.26 Å². The molecule has 3 heteroatoms. The van der Waals surface area contributed by atoms with Crippen molar-refractivity contribution in [3.8, 4) is 11.8 Å². The highest BCUT2D eigenvalue weighted by Gasteiger charge is 2.14. The summed E-state index contributed by atoms with van der Waals surface area (Å²) in [7, 11) is 0. The molecule has 2 rings (SSSR count). The van der Waals surface area contributed by atoms with Crippen molar-refractivity contribution in [3.05, 3.63) is 63.7 Å². The Morgan fingerprint density at radius 2 is 1.77 bits per heavy atom. The number of aryl methyl sites for hydroxylation is 3. The number of hydrogen-bond donors (Lipinski definition) is 0. The van der Waals surface area contributed by atoms with Gasteiger partial charge in [0.05, 0.1) is 18.6 Å². The number of nitriles is 1. The summed E-state index contributed by atoms with van der Waals surface area (Å²) >= 11 is 6.17. The van der Waals surface area contributed by atoms with E-state index in [9.17, 15) is 5.26 Å². The molecule has 1 unspecified atom stereocenters. The third-order valence-corrected chi connectivity index (χ3v) is 4.24. The Morgan fingerprint density at radius 3 is 2.45 bits per heavy atom. The normalized spacial score (nSPS) is 11.8. The molecule has 1 atom stereocenters. The Hall–Kier alpha value is -1.98. The zero-order valence-electron chi connectivity index (χ0n) is 13.2. The van der Waals surface area contributed by atoms with Crippen LogP contribution in [0.2, 0.25) is 5.02 Å². The van der Waals surface area contributed by atoms with Crippen molar-refractivity contribution < 1.29 is 4.74 Å². The van der Waals surface area contributed by atoms with Gasteiger partial charge in [-0.3, -0.25) is 0 Å². The fourth-order valence-corrected chi connectivity index (χ4v) is 2.69. The molecule has 114 valence electrons. The molecule has 0 aliphatic carbocycles. The van der Waals surface area contributed by atoms with E-state index < -0.39 is 0 Å². The van der Waals surface area contributed by atoms with Crippen molar-refractivity contribution in [2.75, 3.05) is 6.61 Å². The van der Waals surface area contributed by atoms with E-state index in [1.54, 1.807) is 0 Å². The van der Waals surface area contributed by atoms with Crippen molar-refractivity contribution in [2.45, 2.75) is 33.1 Å². The molecule has 2 aromatic rings. The van der Waals surface area contributed by atoms with E-state index in [0.717, 1.165) is 16.9 Å². The van der Waals surface area contributed by atoms with Crippen molar-refractivity contribution >= 4 is 11.6 Å². The predicted octanol–water partition coefficient (Wildman–Crippen LogP) is 5.34. The van der Waals surface area contributed by atoms with Crippen molar-refractivity contribution in [1.29, 1.82) is 5.26 Å². The first kappa shape index (κ1) is 16.4. The molecule has 2 nitrogen and oxygen atoms in total. The summed E-state index contributed by atoms with van der Waals surface area (Å²) < 4.78 is 5.87. The SMILES string of the molecule is Cc1cc(C)c(OCCC(C#N)c2ccccc2Cl)cc1C. The third-order valence-electron chi connectivity index (χ3n) is 3.89. The lowest BCUT2D eigenvalue weighted by Crippen LogP contribution is -2.06. The average molecular weight is 314 g/mol. The molecule has 22 heavy (non-hydrogen) atoms. The summed E-state index contributed by atoms with van der Waals surface area (Å²) in [4.78, 5) is 0. The zero-order valence-corrected chi connectivity index (χ0v) is 13.9. The summed E-state index contributed by atoms with van der Waals surface area (Å²) in [6, 6.07) is 14.0. The lowest BCUT2D eigenvalue weighted by molar-refractivity contribution is 0.304. The van der Waals surface area contributed by atoms with Crippen LogP contribution in [0.4, 0.5) is 0 Å². The molecule has 0 amide bonds. The minimum absolute atomic E-state index is 0.249. The molecule has 0 heterocycles. The van der Waals surface area contributed by atoms with E-state index in [4.69, 9.17) is 16.3 Å². The minimum atomic E-state index is -0.249. The zero-order chi connectivity index (χ0) is 16.1. The highest BCUT2D eigenvalue weighted by molar-refractivity contribution is 6.31. The van der Waals surface area contributed by atoms with Gasteiger partial charge >= 0.3 is 0 Å². The topological polar surface area (TPSA) is 33.0 Å². The van der Waals surface area contributed by atoms with Gasteiger partial charge in [0.2, 0.25) is 0 Å². The van der Waals surface area contributed by atoms with Gasteiger partial charge in [0.25, 0.3) is 0 Å². The Kier molecular flexibility index (Phi) is 5.46. The van der Waals surface area contributed by atoms with Crippen LogP contribution < -0.4 is 4.74 Å². The van der Waals surface area contributed by atoms with Gasteiger partial charge in [0.15, 0.2) is 0 Å². The Balaban J connectivity index is 2.03. The second kappa shape index (κ2) is 7.33. The molecule has 0 N–H and O–H groups in total. The van der Waals surface area contributed by atoms with Crippen molar-refractivity contribution in [1.82, 2.24) is 0 Å². The summed E-state index contributed by atoms with van der Waals surface area (Å²) in [5.41, 5.74) is 4.46. The molecular weight excluding hydrogens is 294 g/mol. The summed E-state index contributed by atoms with van der Waals surface area (Å²) in [6.45, 7) is 6.70. The molecule has 0 fully saturated rings. The Bertz CT molecular complexity index is 703. The minimum Gasteiger partial charge on any atom is -0.493 e. The standard InChI is InChI=1S/C19H20ClNO/c1-13-10-15(3)19(11-14(13)2)22-9-8-16(12-21)17-6-4-5-7-18(17)20/h4-7,10-11,16H,8-9H2,1-3H3.